The van der Waals surface area contributed by atoms with E-state index < -0.39 is 23.9 Å². The van der Waals surface area contributed by atoms with E-state index >= 15 is 0 Å². The van der Waals surface area contributed by atoms with E-state index in [-0.39, 0.29) is 30.8 Å². The van der Waals surface area contributed by atoms with Crippen LogP contribution in [0.15, 0.2) is 6.07 Å². The lowest BCUT2D eigenvalue weighted by atomic mass is 10.1. The van der Waals surface area contributed by atoms with Crippen molar-refractivity contribution in [1.82, 2.24) is 4.98 Å². The van der Waals surface area contributed by atoms with Gasteiger partial charge >= 0.3 is 5.97 Å². The highest BCUT2D eigenvalue weighted by molar-refractivity contribution is 5.72. The van der Waals surface area contributed by atoms with Crippen LogP contribution in [-0.4, -0.2) is 17.6 Å². The van der Waals surface area contributed by atoms with E-state index in [0.29, 0.717) is 0 Å². The Hall–Kier alpha value is -1.63. The third kappa shape index (κ3) is 3.43. The third-order valence-electron chi connectivity index (χ3n) is 2.22. The van der Waals surface area contributed by atoms with E-state index in [4.69, 9.17) is 5.73 Å². The number of alkyl halides is 2. The van der Waals surface area contributed by atoms with Gasteiger partial charge in [0.25, 0.3) is 6.43 Å². The molecule has 0 radical (unpaired) electrons. The highest BCUT2D eigenvalue weighted by Gasteiger charge is 2.21. The second-order valence-corrected chi connectivity index (χ2v) is 3.46. The number of nitrogens with two attached hydrogens (primary N) is 1. The van der Waals surface area contributed by atoms with Gasteiger partial charge in [0.2, 0.25) is 5.95 Å². The summed E-state index contributed by atoms with van der Waals surface area (Å²) in [5, 5.41) is 0. The number of hydrogen-bond donors (Lipinski definition) is 1. The summed E-state index contributed by atoms with van der Waals surface area (Å²) in [7, 11) is 0. The minimum Gasteiger partial charge on any atom is -0.466 e. The van der Waals surface area contributed by atoms with Crippen molar-refractivity contribution >= 4 is 5.97 Å². The van der Waals surface area contributed by atoms with Crippen LogP contribution in [0.3, 0.4) is 0 Å². The molecule has 1 heterocycles. The summed E-state index contributed by atoms with van der Waals surface area (Å²) in [4.78, 5) is 14.5. The SMILES string of the molecule is CCOC(=O)Cc1cc(CN)c(C(F)F)c(F)n1. The van der Waals surface area contributed by atoms with Crippen LogP contribution < -0.4 is 5.73 Å². The first kappa shape index (κ1) is 14.4. The number of rotatable bonds is 5. The molecule has 0 atom stereocenters. The monoisotopic (exact) mass is 262 g/mol. The number of nitrogens with zero attached hydrogens (tertiary/aromatic N) is 1. The van der Waals surface area contributed by atoms with Crippen molar-refractivity contribution < 1.29 is 22.7 Å². The van der Waals surface area contributed by atoms with Crippen LogP contribution in [0.25, 0.3) is 0 Å². The molecule has 0 aliphatic rings. The molecule has 0 fully saturated rings. The highest BCUT2D eigenvalue weighted by Crippen LogP contribution is 2.25. The molecule has 18 heavy (non-hydrogen) atoms. The molecule has 0 amide bonds. The Morgan fingerprint density at radius 2 is 2.22 bits per heavy atom. The van der Waals surface area contributed by atoms with Crippen LogP contribution in [0.2, 0.25) is 0 Å². The highest BCUT2D eigenvalue weighted by atomic mass is 19.3. The smallest absolute Gasteiger partial charge is 0.311 e. The number of pyridine rings is 1. The van der Waals surface area contributed by atoms with Gasteiger partial charge in [-0.3, -0.25) is 4.79 Å². The topological polar surface area (TPSA) is 65.2 Å². The number of ether oxygens (including phenoxy) is 1. The summed E-state index contributed by atoms with van der Waals surface area (Å²) in [6, 6.07) is 1.20. The summed E-state index contributed by atoms with van der Waals surface area (Å²) < 4.78 is 43.2. The second kappa shape index (κ2) is 6.34. The van der Waals surface area contributed by atoms with E-state index in [9.17, 15) is 18.0 Å². The van der Waals surface area contributed by atoms with Gasteiger partial charge in [-0.05, 0) is 18.6 Å². The van der Waals surface area contributed by atoms with E-state index in [1.807, 2.05) is 0 Å². The summed E-state index contributed by atoms with van der Waals surface area (Å²) in [6.45, 7) is 1.55. The molecular formula is C11H13F3N2O2. The number of hydrogen-bond acceptors (Lipinski definition) is 4. The predicted molar refractivity (Wildman–Crippen MR) is 57.4 cm³/mol. The zero-order valence-corrected chi connectivity index (χ0v) is 9.75. The minimum atomic E-state index is -2.99. The van der Waals surface area contributed by atoms with E-state index in [1.54, 1.807) is 6.92 Å². The van der Waals surface area contributed by atoms with Crippen LogP contribution in [0.5, 0.6) is 0 Å². The molecule has 0 saturated heterocycles. The molecule has 1 aromatic rings. The van der Waals surface area contributed by atoms with Gasteiger partial charge in [-0.2, -0.15) is 4.39 Å². The summed E-state index contributed by atoms with van der Waals surface area (Å²) in [6.07, 6.45) is -3.27. The molecule has 4 nitrogen and oxygen atoms in total. The fourth-order valence-electron chi connectivity index (χ4n) is 1.48. The average Bonchev–Trinajstić information content (AvgIpc) is 2.27. The van der Waals surface area contributed by atoms with E-state index in [0.717, 1.165) is 0 Å². The maximum absolute atomic E-state index is 13.4. The Balaban J connectivity index is 3.03. The summed E-state index contributed by atoms with van der Waals surface area (Å²) in [5.74, 6) is -1.90. The molecule has 0 unspecified atom stereocenters. The summed E-state index contributed by atoms with van der Waals surface area (Å²) in [5.41, 5.74) is 4.42. The Bertz CT molecular complexity index is 439. The Kier molecular flexibility index (Phi) is 5.08. The van der Waals surface area contributed by atoms with Crippen molar-refractivity contribution in [3.05, 3.63) is 28.8 Å². The lowest BCUT2D eigenvalue weighted by Gasteiger charge is -2.10. The summed E-state index contributed by atoms with van der Waals surface area (Å²) >= 11 is 0. The average molecular weight is 262 g/mol. The first-order valence-electron chi connectivity index (χ1n) is 5.31. The molecule has 0 bridgehead atoms. The van der Waals surface area contributed by atoms with E-state index in [1.165, 1.54) is 6.07 Å². The van der Waals surface area contributed by atoms with Gasteiger partial charge < -0.3 is 10.5 Å². The van der Waals surface area contributed by atoms with Gasteiger partial charge in [-0.15, -0.1) is 0 Å². The molecule has 2 N–H and O–H groups in total. The predicted octanol–water partition coefficient (Wildman–Crippen LogP) is 1.72. The quantitative estimate of drug-likeness (QED) is 0.648. The first-order valence-corrected chi connectivity index (χ1v) is 5.31. The van der Waals surface area contributed by atoms with E-state index in [2.05, 4.69) is 9.72 Å². The molecular weight excluding hydrogens is 249 g/mol. The van der Waals surface area contributed by atoms with Gasteiger partial charge in [0, 0.05) is 6.54 Å². The van der Waals surface area contributed by atoms with Gasteiger partial charge in [-0.25, -0.2) is 13.8 Å². The molecule has 0 aromatic carbocycles. The largest absolute Gasteiger partial charge is 0.466 e. The Labute approximate surface area is 102 Å². The maximum atomic E-state index is 13.4. The number of carbonyl (C=O) groups is 1. The lowest BCUT2D eigenvalue weighted by molar-refractivity contribution is -0.142. The number of carbonyl (C=O) groups excluding carboxylic acids is 1. The minimum absolute atomic E-state index is 0.0239. The van der Waals surface area contributed by atoms with Gasteiger partial charge in [-0.1, -0.05) is 0 Å². The second-order valence-electron chi connectivity index (χ2n) is 3.46. The van der Waals surface area contributed by atoms with Crippen molar-refractivity contribution in [1.29, 1.82) is 0 Å². The molecule has 100 valence electrons. The third-order valence-corrected chi connectivity index (χ3v) is 2.22. The van der Waals surface area contributed by atoms with Gasteiger partial charge in [0.05, 0.1) is 24.3 Å². The molecule has 0 saturated carbocycles. The van der Waals surface area contributed by atoms with Crippen LogP contribution in [0, 0.1) is 5.95 Å². The normalized spacial score (nSPS) is 10.8. The molecule has 7 heteroatoms. The fourth-order valence-corrected chi connectivity index (χ4v) is 1.48. The van der Waals surface area contributed by atoms with Crippen LogP contribution in [0.4, 0.5) is 13.2 Å². The van der Waals surface area contributed by atoms with Crippen molar-refractivity contribution in [2.75, 3.05) is 6.61 Å². The number of esters is 1. The molecule has 0 spiro atoms. The maximum Gasteiger partial charge on any atom is 0.311 e. The Morgan fingerprint density at radius 1 is 1.56 bits per heavy atom. The molecule has 1 aromatic heterocycles. The zero-order valence-electron chi connectivity index (χ0n) is 9.75. The van der Waals surface area contributed by atoms with Crippen molar-refractivity contribution in [2.45, 2.75) is 26.3 Å². The number of halogens is 3. The van der Waals surface area contributed by atoms with Gasteiger partial charge in [0.1, 0.15) is 0 Å². The van der Waals surface area contributed by atoms with Crippen LogP contribution in [0.1, 0.15) is 30.2 Å². The van der Waals surface area contributed by atoms with Crippen LogP contribution in [-0.2, 0) is 22.5 Å². The first-order chi connectivity index (χ1) is 8.49. The van der Waals surface area contributed by atoms with Crippen molar-refractivity contribution in [3.63, 3.8) is 0 Å². The molecule has 0 aliphatic carbocycles. The fraction of sp³-hybridized carbons (Fsp3) is 0.455. The van der Waals surface area contributed by atoms with Crippen LogP contribution >= 0.6 is 0 Å². The Morgan fingerprint density at radius 3 is 2.72 bits per heavy atom. The zero-order chi connectivity index (χ0) is 13.7. The lowest BCUT2D eigenvalue weighted by Crippen LogP contribution is -2.13. The number of aromatic nitrogens is 1. The molecule has 0 aliphatic heterocycles. The van der Waals surface area contributed by atoms with Crippen molar-refractivity contribution in [3.8, 4) is 0 Å². The molecule has 1 rings (SSSR count). The van der Waals surface area contributed by atoms with Crippen molar-refractivity contribution in [2.24, 2.45) is 5.73 Å². The standard InChI is InChI=1S/C11H13F3N2O2/c1-2-18-8(17)4-7-3-6(5-15)9(10(12)13)11(14)16-7/h3,10H,2,4-5,15H2,1H3. The van der Waals surface area contributed by atoms with Gasteiger partial charge in [0.15, 0.2) is 0 Å².